The van der Waals surface area contributed by atoms with Crippen molar-refractivity contribution in [1.29, 1.82) is 0 Å². The summed E-state index contributed by atoms with van der Waals surface area (Å²) in [5.74, 6) is 0. The topological polar surface area (TPSA) is 163 Å². The van der Waals surface area contributed by atoms with Gasteiger partial charge in [0.1, 0.15) is 32.7 Å². The van der Waals surface area contributed by atoms with Crippen LogP contribution >= 0.6 is 0 Å². The van der Waals surface area contributed by atoms with Crippen LogP contribution in [-0.2, 0) is 20.2 Å². The van der Waals surface area contributed by atoms with Crippen LogP contribution in [0.15, 0.2) is 52.5 Å². The molecule has 31 heavy (non-hydrogen) atoms. The number of benzene rings is 3. The van der Waals surface area contributed by atoms with Crippen molar-refractivity contribution in [3.63, 3.8) is 0 Å². The third-order valence-corrected chi connectivity index (χ3v) is 7.18. The van der Waals surface area contributed by atoms with Crippen molar-refractivity contribution >= 4 is 74.9 Å². The first-order valence-corrected chi connectivity index (χ1v) is 11.7. The summed E-state index contributed by atoms with van der Waals surface area (Å²) in [7, 11) is -9.76. The summed E-state index contributed by atoms with van der Waals surface area (Å²) < 4.78 is 68.8. The molecule has 0 amide bonds. The molecule has 0 unspecified atom stereocenters. The molecule has 2 aromatic heterocycles. The molecule has 0 spiro atoms. The molecule has 154 valence electrons. The monoisotopic (exact) mass is 454 g/mol. The second-order valence-corrected chi connectivity index (χ2v) is 9.79. The molecule has 0 aliphatic heterocycles. The molecule has 0 aliphatic carbocycles. The van der Waals surface area contributed by atoms with E-state index >= 15 is 0 Å². The first-order valence-electron chi connectivity index (χ1n) is 8.84. The molecular weight excluding hydrogens is 444 g/mol. The highest BCUT2D eigenvalue weighted by Crippen LogP contribution is 2.40. The summed E-state index contributed by atoms with van der Waals surface area (Å²) in [6.45, 7) is 0. The van der Waals surface area contributed by atoms with Gasteiger partial charge < -0.3 is 4.98 Å². The van der Waals surface area contributed by atoms with Gasteiger partial charge >= 0.3 is 0 Å². The predicted molar refractivity (Wildman–Crippen MR) is 113 cm³/mol. The molecule has 2 heterocycles. The number of H-pyrrole nitrogens is 1. The van der Waals surface area contributed by atoms with Crippen LogP contribution in [-0.4, -0.2) is 45.9 Å². The number of nitrogens with zero attached hydrogens (tertiary/aromatic N) is 3. The Morgan fingerprint density at radius 2 is 1.32 bits per heavy atom. The van der Waals surface area contributed by atoms with Gasteiger partial charge in [0.15, 0.2) is 0 Å². The number of aromatic nitrogens is 4. The van der Waals surface area contributed by atoms with Gasteiger partial charge in [-0.25, -0.2) is 15.0 Å². The average molecular weight is 454 g/mol. The van der Waals surface area contributed by atoms with E-state index in [9.17, 15) is 25.9 Å². The summed E-state index contributed by atoms with van der Waals surface area (Å²) in [5, 5.41) is 3.22. The third kappa shape index (κ3) is 2.35. The van der Waals surface area contributed by atoms with E-state index in [0.717, 1.165) is 22.5 Å². The van der Waals surface area contributed by atoms with Crippen molar-refractivity contribution in [3.05, 3.63) is 42.7 Å². The van der Waals surface area contributed by atoms with E-state index in [-0.39, 0.29) is 11.0 Å². The predicted octanol–water partition coefficient (Wildman–Crippen LogP) is 2.90. The van der Waals surface area contributed by atoms with Gasteiger partial charge in [-0.15, -0.1) is 0 Å². The molecule has 3 N–H and O–H groups in total. The minimum atomic E-state index is -4.89. The fraction of sp³-hybridized carbons (Fsp3) is 0. The number of hydrogen-bond acceptors (Lipinski definition) is 7. The Hall–Kier alpha value is -3.45. The van der Waals surface area contributed by atoms with Gasteiger partial charge in [-0.1, -0.05) is 36.4 Å². The normalized spacial score (nSPS) is 13.4. The molecule has 0 saturated heterocycles. The zero-order valence-electron chi connectivity index (χ0n) is 15.2. The zero-order chi connectivity index (χ0) is 21.7. The van der Waals surface area contributed by atoms with Crippen LogP contribution in [0.1, 0.15) is 0 Å². The van der Waals surface area contributed by atoms with Gasteiger partial charge in [-0.05, 0) is 5.39 Å². The maximum atomic E-state index is 12.3. The number of rotatable bonds is 2. The van der Waals surface area contributed by atoms with Crippen LogP contribution in [0.5, 0.6) is 0 Å². The number of fused-ring (bicyclic) bond motifs is 5. The van der Waals surface area contributed by atoms with Crippen molar-refractivity contribution in [2.24, 2.45) is 0 Å². The Bertz CT molecular complexity index is 1810. The second-order valence-electron chi connectivity index (χ2n) is 7.07. The Balaban J connectivity index is 2.02. The molecule has 0 atom stereocenters. The average Bonchev–Trinajstić information content (AvgIpc) is 3.27. The Morgan fingerprint density at radius 3 is 1.97 bits per heavy atom. The summed E-state index contributed by atoms with van der Waals surface area (Å²) >= 11 is 0. The minimum Gasteiger partial charge on any atom is -0.350 e. The number of nitrogens with one attached hydrogen (secondary N) is 1. The molecule has 0 aliphatic rings. The van der Waals surface area contributed by atoms with Crippen molar-refractivity contribution in [2.45, 2.75) is 9.79 Å². The first-order chi connectivity index (χ1) is 14.7. The van der Waals surface area contributed by atoms with Crippen LogP contribution in [0, 0.1) is 0 Å². The SMILES string of the molecule is O=S(=O)(O)c1c2ncnc2c(S(=O)(=O)O)c2[nH]c3c4cccc5cccc(c3nc12)c54. The third-order valence-electron chi connectivity index (χ3n) is 5.36. The fourth-order valence-corrected chi connectivity index (χ4v) is 5.84. The maximum absolute atomic E-state index is 12.3. The lowest BCUT2D eigenvalue weighted by Gasteiger charge is -2.10. The van der Waals surface area contributed by atoms with Crippen molar-refractivity contribution < 1.29 is 25.9 Å². The highest BCUT2D eigenvalue weighted by molar-refractivity contribution is 7.87. The molecule has 0 saturated carbocycles. The molecule has 10 nitrogen and oxygen atoms in total. The summed E-state index contributed by atoms with van der Waals surface area (Å²) in [6, 6.07) is 11.1. The quantitative estimate of drug-likeness (QED) is 0.334. The molecule has 0 radical (unpaired) electrons. The standard InChI is InChI=1S/C19H10N4O6S2/c24-30(25,26)18-14-15(21-7-20-14)19(31(27,28)29)17-16(18)22-12-9-5-1-3-8-4-2-6-10(11(8)9)13(12)23-17/h1-7,22H,(H,24,25,26)(H,27,28,29). The van der Waals surface area contributed by atoms with Gasteiger partial charge in [0, 0.05) is 16.2 Å². The molecule has 6 rings (SSSR count). The highest BCUT2D eigenvalue weighted by Gasteiger charge is 2.31. The lowest BCUT2D eigenvalue weighted by Crippen LogP contribution is -2.08. The van der Waals surface area contributed by atoms with Crippen LogP contribution in [0.25, 0.3) is 54.6 Å². The van der Waals surface area contributed by atoms with Gasteiger partial charge in [-0.3, -0.25) is 9.11 Å². The number of imidazole rings is 1. The van der Waals surface area contributed by atoms with Crippen LogP contribution in [0.4, 0.5) is 0 Å². The van der Waals surface area contributed by atoms with Gasteiger partial charge in [0.2, 0.25) is 0 Å². The molecular formula is C19H10N4O6S2. The fourth-order valence-electron chi connectivity index (χ4n) is 4.26. The molecule has 0 bridgehead atoms. The molecule has 12 heteroatoms. The van der Waals surface area contributed by atoms with Crippen molar-refractivity contribution in [1.82, 2.24) is 19.9 Å². The highest BCUT2D eigenvalue weighted by atomic mass is 32.2. The summed E-state index contributed by atoms with van der Waals surface area (Å²) in [5.41, 5.74) is -0.640. The van der Waals surface area contributed by atoms with Gasteiger partial charge in [0.05, 0.1) is 16.6 Å². The van der Waals surface area contributed by atoms with E-state index in [0.29, 0.717) is 16.4 Å². The van der Waals surface area contributed by atoms with Gasteiger partial charge in [0.25, 0.3) is 20.2 Å². The van der Waals surface area contributed by atoms with Gasteiger partial charge in [-0.2, -0.15) is 16.8 Å². The molecule has 6 aromatic rings. The second kappa shape index (κ2) is 5.62. The summed E-state index contributed by atoms with van der Waals surface area (Å²) in [6.07, 6.45) is 0.941. The van der Waals surface area contributed by atoms with Crippen LogP contribution in [0.3, 0.4) is 0 Å². The smallest absolute Gasteiger partial charge is 0.299 e. The van der Waals surface area contributed by atoms with Crippen molar-refractivity contribution in [2.75, 3.05) is 0 Å². The Kier molecular flexibility index (Phi) is 3.32. The van der Waals surface area contributed by atoms with Crippen molar-refractivity contribution in [3.8, 4) is 0 Å². The summed E-state index contributed by atoms with van der Waals surface area (Å²) in [4.78, 5) is 13.6. The number of hydrogen-bond donors (Lipinski definition) is 3. The Labute approximate surface area is 173 Å². The minimum absolute atomic E-state index is 0.299. The van der Waals surface area contributed by atoms with E-state index in [4.69, 9.17) is 0 Å². The van der Waals surface area contributed by atoms with Crippen LogP contribution < -0.4 is 0 Å². The van der Waals surface area contributed by atoms with E-state index in [1.54, 1.807) is 0 Å². The van der Waals surface area contributed by atoms with Crippen LogP contribution in [0.2, 0.25) is 0 Å². The lowest BCUT2D eigenvalue weighted by atomic mass is 10.1. The largest absolute Gasteiger partial charge is 0.350 e. The molecule has 4 aromatic carbocycles. The van der Waals surface area contributed by atoms with E-state index < -0.39 is 41.1 Å². The Morgan fingerprint density at radius 1 is 0.710 bits per heavy atom. The van der Waals surface area contributed by atoms with E-state index in [1.807, 2.05) is 36.4 Å². The number of aromatic amines is 1. The lowest BCUT2D eigenvalue weighted by molar-refractivity contribution is 0.481. The van der Waals surface area contributed by atoms with E-state index in [1.165, 1.54) is 0 Å². The first kappa shape index (κ1) is 18.3. The maximum Gasteiger partial charge on any atom is 0.299 e. The molecule has 0 fully saturated rings. The van der Waals surface area contributed by atoms with E-state index in [2.05, 4.69) is 19.9 Å². The zero-order valence-corrected chi connectivity index (χ0v) is 16.9.